The molecule has 2 fully saturated rings. The van der Waals surface area contributed by atoms with Gasteiger partial charge in [-0.05, 0) is 18.2 Å². The van der Waals surface area contributed by atoms with E-state index in [4.69, 9.17) is 16.9 Å². The summed E-state index contributed by atoms with van der Waals surface area (Å²) in [6.07, 6.45) is -4.10. The molecule has 4 amide bonds. The molecule has 5 rings (SSSR count). The molecule has 4 heterocycles. The fourth-order valence-corrected chi connectivity index (χ4v) is 4.96. The van der Waals surface area contributed by atoms with E-state index in [-0.39, 0.29) is 69.9 Å². The van der Waals surface area contributed by atoms with Gasteiger partial charge in [0.05, 0.1) is 34.8 Å². The lowest BCUT2D eigenvalue weighted by molar-refractivity contribution is -0.141. The molecule has 0 atom stereocenters. The fourth-order valence-electron chi connectivity index (χ4n) is 4.70. The number of H-pyrrole nitrogens is 2. The Morgan fingerprint density at radius 2 is 1.86 bits per heavy atom. The normalized spacial score (nSPS) is 15.5. The Labute approximate surface area is 247 Å². The second-order valence-electron chi connectivity index (χ2n) is 10.0. The van der Waals surface area contributed by atoms with Crippen LogP contribution in [-0.4, -0.2) is 93.1 Å². The van der Waals surface area contributed by atoms with Gasteiger partial charge in [-0.25, -0.2) is 9.78 Å². The summed E-state index contributed by atoms with van der Waals surface area (Å²) in [5, 5.41) is 23.2. The van der Waals surface area contributed by atoms with Crippen LogP contribution in [0.5, 0.6) is 0 Å². The second kappa shape index (κ2) is 12.3. The zero-order chi connectivity index (χ0) is 30.7. The molecule has 3 aromatic rings. The number of hydrogen-bond donors (Lipinski definition) is 5. The topological polar surface area (TPSA) is 175 Å². The summed E-state index contributed by atoms with van der Waals surface area (Å²) in [6, 6.07) is 6.13. The molecule has 2 aromatic heterocycles. The summed E-state index contributed by atoms with van der Waals surface area (Å²) >= 11 is 6.38. The van der Waals surface area contributed by atoms with Crippen molar-refractivity contribution < 1.29 is 27.6 Å². The highest BCUT2D eigenvalue weighted by atomic mass is 35.5. The van der Waals surface area contributed by atoms with E-state index in [1.54, 1.807) is 15.9 Å². The largest absolute Gasteiger partial charge is 0.435 e. The van der Waals surface area contributed by atoms with Gasteiger partial charge in [0.15, 0.2) is 11.5 Å². The molecule has 13 nitrogen and oxygen atoms in total. The lowest BCUT2D eigenvalue weighted by atomic mass is 10.1. The quantitative estimate of drug-likeness (QED) is 0.270. The molecule has 0 spiro atoms. The number of hydrogen-bond acceptors (Lipinski definition) is 7. The zero-order valence-corrected chi connectivity index (χ0v) is 23.3. The van der Waals surface area contributed by atoms with Gasteiger partial charge in [-0.1, -0.05) is 11.6 Å². The number of imidazole rings is 1. The zero-order valence-electron chi connectivity index (χ0n) is 22.5. The number of benzene rings is 1. The van der Waals surface area contributed by atoms with Gasteiger partial charge < -0.3 is 30.7 Å². The summed E-state index contributed by atoms with van der Waals surface area (Å²) in [4.78, 5) is 48.1. The third-order valence-corrected chi connectivity index (χ3v) is 7.42. The maximum atomic E-state index is 13.4. The molecule has 226 valence electrons. The highest BCUT2D eigenvalue weighted by molar-refractivity contribution is 6.34. The molecular formula is C26H26ClF3N10O3. The number of rotatable bonds is 7. The van der Waals surface area contributed by atoms with E-state index in [0.29, 0.717) is 26.2 Å². The number of aromatic nitrogens is 4. The Morgan fingerprint density at radius 3 is 2.49 bits per heavy atom. The van der Waals surface area contributed by atoms with Gasteiger partial charge in [-0.3, -0.25) is 14.7 Å². The molecule has 0 aliphatic carbocycles. The Kier molecular flexibility index (Phi) is 8.55. The Hall–Kier alpha value is -4.62. The average Bonchev–Trinajstić information content (AvgIpc) is 3.58. The van der Waals surface area contributed by atoms with Crippen molar-refractivity contribution in [3.8, 4) is 6.07 Å². The summed E-state index contributed by atoms with van der Waals surface area (Å²) in [5.74, 6) is -1.16. The van der Waals surface area contributed by atoms with Crippen LogP contribution in [0.3, 0.4) is 0 Å². The van der Waals surface area contributed by atoms with E-state index < -0.39 is 17.8 Å². The SMILES string of the molecule is N#CCc1[nH]nc(C(F)(F)F)c1Cc1cnc(C(=O)Nc2ccc(C(=O)N3CCN(C(=O)NC4CNC4)CC3)c(Cl)c2)[nH]1. The summed E-state index contributed by atoms with van der Waals surface area (Å²) in [5.41, 5.74) is -0.639. The first-order valence-corrected chi connectivity index (χ1v) is 13.6. The van der Waals surface area contributed by atoms with E-state index in [9.17, 15) is 27.6 Å². The van der Waals surface area contributed by atoms with Crippen molar-refractivity contribution in [3.05, 3.63) is 63.5 Å². The van der Waals surface area contributed by atoms with Gasteiger partial charge in [0.1, 0.15) is 0 Å². The number of carbonyl (C=O) groups excluding carboxylic acids is 3. The van der Waals surface area contributed by atoms with Crippen molar-refractivity contribution in [2.24, 2.45) is 0 Å². The Balaban J connectivity index is 1.18. The molecule has 1 aromatic carbocycles. The number of amides is 4. The fraction of sp³-hybridized carbons (Fsp3) is 0.385. The van der Waals surface area contributed by atoms with Crippen LogP contribution in [-0.2, 0) is 19.0 Å². The molecule has 2 aliphatic rings. The van der Waals surface area contributed by atoms with Gasteiger partial charge in [0.25, 0.3) is 11.8 Å². The van der Waals surface area contributed by atoms with Crippen LogP contribution >= 0.6 is 11.6 Å². The van der Waals surface area contributed by atoms with Crippen LogP contribution in [0, 0.1) is 11.3 Å². The van der Waals surface area contributed by atoms with E-state index in [1.165, 1.54) is 24.4 Å². The van der Waals surface area contributed by atoms with Crippen LogP contribution in [0.4, 0.5) is 23.7 Å². The number of nitrogens with zero attached hydrogens (tertiary/aromatic N) is 5. The Bertz CT molecular complexity index is 1570. The number of alkyl halides is 3. The molecule has 2 saturated heterocycles. The van der Waals surface area contributed by atoms with Gasteiger partial charge in [0, 0.05) is 68.8 Å². The monoisotopic (exact) mass is 618 g/mol. The van der Waals surface area contributed by atoms with Gasteiger partial charge in [-0.2, -0.15) is 23.5 Å². The molecule has 17 heteroatoms. The van der Waals surface area contributed by atoms with Crippen molar-refractivity contribution in [3.63, 3.8) is 0 Å². The predicted octanol–water partition coefficient (Wildman–Crippen LogP) is 2.15. The number of piperazine rings is 1. The third kappa shape index (κ3) is 6.73. The van der Waals surface area contributed by atoms with E-state index in [1.807, 2.05) is 0 Å². The second-order valence-corrected chi connectivity index (χ2v) is 10.4. The lowest BCUT2D eigenvalue weighted by Crippen LogP contribution is -2.61. The van der Waals surface area contributed by atoms with Crippen molar-refractivity contribution in [2.45, 2.75) is 25.1 Å². The van der Waals surface area contributed by atoms with Crippen molar-refractivity contribution >= 4 is 35.1 Å². The molecule has 0 bridgehead atoms. The van der Waals surface area contributed by atoms with Crippen LogP contribution in [0.25, 0.3) is 0 Å². The average molecular weight is 619 g/mol. The summed E-state index contributed by atoms with van der Waals surface area (Å²) in [7, 11) is 0. The number of nitrogens with one attached hydrogen (secondary N) is 5. The van der Waals surface area contributed by atoms with E-state index >= 15 is 0 Å². The molecular weight excluding hydrogens is 593 g/mol. The Morgan fingerprint density at radius 1 is 1.14 bits per heavy atom. The summed E-state index contributed by atoms with van der Waals surface area (Å²) in [6.45, 7) is 2.92. The van der Waals surface area contributed by atoms with Crippen LogP contribution < -0.4 is 16.0 Å². The molecule has 43 heavy (non-hydrogen) atoms. The maximum absolute atomic E-state index is 13.4. The molecule has 2 aliphatic heterocycles. The first kappa shape index (κ1) is 29.9. The number of aromatic amines is 2. The number of anilines is 1. The molecule has 0 radical (unpaired) electrons. The molecule has 5 N–H and O–H groups in total. The van der Waals surface area contributed by atoms with Crippen LogP contribution in [0.15, 0.2) is 24.4 Å². The van der Waals surface area contributed by atoms with Crippen molar-refractivity contribution in [2.75, 3.05) is 44.6 Å². The van der Waals surface area contributed by atoms with Gasteiger partial charge >= 0.3 is 12.2 Å². The maximum Gasteiger partial charge on any atom is 0.435 e. The van der Waals surface area contributed by atoms with Gasteiger partial charge in [-0.15, -0.1) is 0 Å². The third-order valence-electron chi connectivity index (χ3n) is 7.11. The molecule has 0 saturated carbocycles. The van der Waals surface area contributed by atoms with E-state index in [2.05, 4.69) is 36.1 Å². The van der Waals surface area contributed by atoms with Crippen molar-refractivity contribution in [1.29, 1.82) is 5.26 Å². The van der Waals surface area contributed by atoms with Crippen LogP contribution in [0.1, 0.15) is 43.6 Å². The first-order chi connectivity index (χ1) is 20.5. The minimum atomic E-state index is -4.73. The van der Waals surface area contributed by atoms with Crippen LogP contribution in [0.2, 0.25) is 5.02 Å². The standard InChI is InChI=1S/C26H26ClF3N10O3/c27-19-10-14(1-2-17(19)24(42)39-5-7-40(8-6-39)25(43)36-16-11-32-12-16)35-23(41)22-33-13-15(34-22)9-18-20(3-4-31)37-38-21(18)26(28,29)30/h1-2,10,13,16,32H,3,5-9,11-12H2,(H,33,34)(H,35,41)(H,36,43)(H,37,38). The first-order valence-electron chi connectivity index (χ1n) is 13.2. The highest BCUT2D eigenvalue weighted by Gasteiger charge is 2.38. The lowest BCUT2D eigenvalue weighted by Gasteiger charge is -2.37. The van der Waals surface area contributed by atoms with Crippen molar-refractivity contribution in [1.82, 2.24) is 40.6 Å². The number of carbonyl (C=O) groups is 3. The number of urea groups is 1. The van der Waals surface area contributed by atoms with E-state index in [0.717, 1.165) is 13.1 Å². The smallest absolute Gasteiger partial charge is 0.337 e. The number of nitriles is 1. The predicted molar refractivity (Wildman–Crippen MR) is 146 cm³/mol. The highest BCUT2D eigenvalue weighted by Crippen LogP contribution is 2.33. The summed E-state index contributed by atoms with van der Waals surface area (Å²) < 4.78 is 40.2. The number of halogens is 4. The minimum Gasteiger partial charge on any atom is -0.337 e. The molecule has 0 unspecified atom stereocenters. The van der Waals surface area contributed by atoms with Gasteiger partial charge in [0.2, 0.25) is 0 Å². The minimum absolute atomic E-state index is 0.0220.